The number of hydrogen-bond acceptors (Lipinski definition) is 3. The number of nitrogens with zero attached hydrogens (tertiary/aromatic N) is 1. The number of nitrogens with one attached hydrogen (secondary N) is 2. The molecule has 3 rings (SSSR count). The standard InChI is InChI=1S/C21H25N3O2/c1-15(16-7-4-3-5-8-16)24(2)14-20(25)22-19-10-6-9-17(13-19)21(26)23-18-11-12-18/h3-10,13,15,18H,11-12,14H2,1-2H3,(H,22,25)(H,23,26). The first-order valence-electron chi connectivity index (χ1n) is 8.99. The Kier molecular flexibility index (Phi) is 5.68. The average molecular weight is 351 g/mol. The molecule has 2 N–H and O–H groups in total. The summed E-state index contributed by atoms with van der Waals surface area (Å²) in [5.41, 5.74) is 2.38. The van der Waals surface area contributed by atoms with Gasteiger partial charge in [-0.2, -0.15) is 0 Å². The summed E-state index contributed by atoms with van der Waals surface area (Å²) in [4.78, 5) is 26.5. The minimum Gasteiger partial charge on any atom is -0.349 e. The summed E-state index contributed by atoms with van der Waals surface area (Å²) in [5, 5.41) is 5.84. The van der Waals surface area contributed by atoms with Gasteiger partial charge in [0.05, 0.1) is 6.54 Å². The van der Waals surface area contributed by atoms with Gasteiger partial charge in [0.15, 0.2) is 0 Å². The molecule has 0 saturated heterocycles. The van der Waals surface area contributed by atoms with Crippen molar-refractivity contribution >= 4 is 17.5 Å². The maximum absolute atomic E-state index is 12.4. The predicted molar refractivity (Wildman–Crippen MR) is 103 cm³/mol. The van der Waals surface area contributed by atoms with Crippen molar-refractivity contribution in [1.29, 1.82) is 0 Å². The van der Waals surface area contributed by atoms with E-state index in [-0.39, 0.29) is 24.4 Å². The van der Waals surface area contributed by atoms with Crippen LogP contribution in [0.1, 0.15) is 41.7 Å². The summed E-state index contributed by atoms with van der Waals surface area (Å²) >= 11 is 0. The van der Waals surface area contributed by atoms with E-state index in [1.807, 2.05) is 30.1 Å². The normalized spacial score (nSPS) is 14.7. The van der Waals surface area contributed by atoms with Gasteiger partial charge in [0, 0.05) is 23.3 Å². The van der Waals surface area contributed by atoms with Gasteiger partial charge in [-0.25, -0.2) is 0 Å². The van der Waals surface area contributed by atoms with Crippen molar-refractivity contribution < 1.29 is 9.59 Å². The number of benzene rings is 2. The fourth-order valence-electron chi connectivity index (χ4n) is 2.78. The van der Waals surface area contributed by atoms with E-state index in [1.165, 1.54) is 5.56 Å². The van der Waals surface area contributed by atoms with E-state index in [9.17, 15) is 9.59 Å². The lowest BCUT2D eigenvalue weighted by Gasteiger charge is -2.24. The van der Waals surface area contributed by atoms with E-state index in [0.717, 1.165) is 12.8 Å². The van der Waals surface area contributed by atoms with Crippen LogP contribution in [0.15, 0.2) is 54.6 Å². The quantitative estimate of drug-likeness (QED) is 0.805. The second-order valence-corrected chi connectivity index (χ2v) is 6.88. The van der Waals surface area contributed by atoms with Crippen LogP contribution in [0.3, 0.4) is 0 Å². The first kappa shape index (κ1) is 18.1. The maximum atomic E-state index is 12.4. The third kappa shape index (κ3) is 4.92. The fourth-order valence-corrected chi connectivity index (χ4v) is 2.78. The summed E-state index contributed by atoms with van der Waals surface area (Å²) in [6.07, 6.45) is 2.10. The Hall–Kier alpha value is -2.66. The topological polar surface area (TPSA) is 61.4 Å². The van der Waals surface area contributed by atoms with Gasteiger partial charge in [0.1, 0.15) is 0 Å². The van der Waals surface area contributed by atoms with Crippen LogP contribution in [0.4, 0.5) is 5.69 Å². The Balaban J connectivity index is 1.56. The number of carbonyl (C=O) groups is 2. The lowest BCUT2D eigenvalue weighted by Crippen LogP contribution is -2.32. The van der Waals surface area contributed by atoms with Crippen molar-refractivity contribution in [2.45, 2.75) is 31.8 Å². The van der Waals surface area contributed by atoms with Gasteiger partial charge in [-0.1, -0.05) is 36.4 Å². The molecule has 0 heterocycles. The summed E-state index contributed by atoms with van der Waals surface area (Å²) < 4.78 is 0. The third-order valence-electron chi connectivity index (χ3n) is 4.66. The zero-order valence-corrected chi connectivity index (χ0v) is 15.2. The molecule has 0 radical (unpaired) electrons. The minimum absolute atomic E-state index is 0.0848. The molecule has 136 valence electrons. The molecule has 5 nitrogen and oxygen atoms in total. The number of anilines is 1. The number of amides is 2. The highest BCUT2D eigenvalue weighted by Crippen LogP contribution is 2.20. The number of hydrogen-bond donors (Lipinski definition) is 2. The maximum Gasteiger partial charge on any atom is 0.251 e. The Morgan fingerprint density at radius 2 is 1.85 bits per heavy atom. The van der Waals surface area contributed by atoms with E-state index in [1.54, 1.807) is 24.3 Å². The molecule has 0 aliphatic heterocycles. The summed E-state index contributed by atoms with van der Waals surface area (Å²) in [6.45, 7) is 2.35. The highest BCUT2D eigenvalue weighted by atomic mass is 16.2. The van der Waals surface area contributed by atoms with Gasteiger partial charge < -0.3 is 10.6 Å². The minimum atomic E-state index is -0.102. The van der Waals surface area contributed by atoms with Gasteiger partial charge in [0.2, 0.25) is 5.91 Å². The Bertz CT molecular complexity index is 772. The Morgan fingerprint density at radius 1 is 1.12 bits per heavy atom. The molecule has 2 aromatic rings. The van der Waals surface area contributed by atoms with Gasteiger partial charge in [0.25, 0.3) is 5.91 Å². The SMILES string of the molecule is CC(c1ccccc1)N(C)CC(=O)Nc1cccc(C(=O)NC2CC2)c1. The van der Waals surface area contributed by atoms with Crippen molar-refractivity contribution in [2.24, 2.45) is 0 Å². The smallest absolute Gasteiger partial charge is 0.251 e. The number of likely N-dealkylation sites (N-methyl/N-ethyl adjacent to an activating group) is 1. The van der Waals surface area contributed by atoms with Crippen LogP contribution in [0.2, 0.25) is 0 Å². The van der Waals surface area contributed by atoms with Gasteiger partial charge in [-0.05, 0) is 50.6 Å². The van der Waals surface area contributed by atoms with E-state index < -0.39 is 0 Å². The molecule has 2 aromatic carbocycles. The van der Waals surface area contributed by atoms with E-state index in [0.29, 0.717) is 17.3 Å². The molecule has 5 heteroatoms. The largest absolute Gasteiger partial charge is 0.349 e. The van der Waals surface area contributed by atoms with Gasteiger partial charge >= 0.3 is 0 Å². The van der Waals surface area contributed by atoms with Crippen LogP contribution in [0.25, 0.3) is 0 Å². The van der Waals surface area contributed by atoms with Crippen LogP contribution in [-0.2, 0) is 4.79 Å². The molecule has 2 amide bonds. The van der Waals surface area contributed by atoms with E-state index in [4.69, 9.17) is 0 Å². The first-order chi connectivity index (χ1) is 12.5. The van der Waals surface area contributed by atoms with Crippen LogP contribution < -0.4 is 10.6 Å². The lowest BCUT2D eigenvalue weighted by molar-refractivity contribution is -0.117. The summed E-state index contributed by atoms with van der Waals surface area (Å²) in [5.74, 6) is -0.187. The highest BCUT2D eigenvalue weighted by molar-refractivity contribution is 5.97. The Labute approximate surface area is 154 Å². The summed E-state index contributed by atoms with van der Waals surface area (Å²) in [6, 6.07) is 17.6. The molecule has 1 fully saturated rings. The van der Waals surface area contributed by atoms with Crippen molar-refractivity contribution in [3.05, 3.63) is 65.7 Å². The van der Waals surface area contributed by atoms with Crippen LogP contribution in [0.5, 0.6) is 0 Å². The third-order valence-corrected chi connectivity index (χ3v) is 4.66. The van der Waals surface area contributed by atoms with Crippen molar-refractivity contribution in [2.75, 3.05) is 18.9 Å². The first-order valence-corrected chi connectivity index (χ1v) is 8.99. The lowest BCUT2D eigenvalue weighted by atomic mass is 10.1. The molecule has 1 saturated carbocycles. The van der Waals surface area contributed by atoms with Crippen LogP contribution >= 0.6 is 0 Å². The van der Waals surface area contributed by atoms with Gasteiger partial charge in [-0.15, -0.1) is 0 Å². The molecular formula is C21H25N3O2. The van der Waals surface area contributed by atoms with Crippen molar-refractivity contribution in [1.82, 2.24) is 10.2 Å². The molecular weight excluding hydrogens is 326 g/mol. The molecule has 26 heavy (non-hydrogen) atoms. The number of carbonyl (C=O) groups excluding carboxylic acids is 2. The van der Waals surface area contributed by atoms with Gasteiger partial charge in [-0.3, -0.25) is 14.5 Å². The predicted octanol–water partition coefficient (Wildman–Crippen LogP) is 3.21. The average Bonchev–Trinajstić information content (AvgIpc) is 3.45. The molecule has 0 bridgehead atoms. The molecule has 0 spiro atoms. The Morgan fingerprint density at radius 3 is 2.54 bits per heavy atom. The summed E-state index contributed by atoms with van der Waals surface area (Å²) in [7, 11) is 1.93. The molecule has 1 aliphatic rings. The molecule has 1 atom stereocenters. The second-order valence-electron chi connectivity index (χ2n) is 6.88. The number of rotatable bonds is 7. The van der Waals surface area contributed by atoms with E-state index >= 15 is 0 Å². The zero-order chi connectivity index (χ0) is 18.5. The molecule has 0 aromatic heterocycles. The van der Waals surface area contributed by atoms with Crippen LogP contribution in [0, 0.1) is 0 Å². The zero-order valence-electron chi connectivity index (χ0n) is 15.2. The van der Waals surface area contributed by atoms with Crippen molar-refractivity contribution in [3.8, 4) is 0 Å². The molecule has 1 unspecified atom stereocenters. The fraction of sp³-hybridized carbons (Fsp3) is 0.333. The monoisotopic (exact) mass is 351 g/mol. The van der Waals surface area contributed by atoms with Crippen LogP contribution in [-0.4, -0.2) is 36.3 Å². The highest BCUT2D eigenvalue weighted by Gasteiger charge is 2.23. The van der Waals surface area contributed by atoms with Crippen molar-refractivity contribution in [3.63, 3.8) is 0 Å². The van der Waals surface area contributed by atoms with E-state index in [2.05, 4.69) is 29.7 Å². The molecule has 1 aliphatic carbocycles. The second kappa shape index (κ2) is 8.15.